The maximum atomic E-state index is 14.3. The fourth-order valence-electron chi connectivity index (χ4n) is 3.49. The number of rotatable bonds is 8. The molecule has 4 rings (SSSR count). The van der Waals surface area contributed by atoms with Crippen LogP contribution >= 0.6 is 34.4 Å². The van der Waals surface area contributed by atoms with E-state index in [1.807, 2.05) is 19.1 Å². The van der Waals surface area contributed by atoms with Gasteiger partial charge in [0.15, 0.2) is 22.1 Å². The maximum Gasteiger partial charge on any atom is 0.213 e. The summed E-state index contributed by atoms with van der Waals surface area (Å²) in [6.45, 7) is 2.45. The van der Waals surface area contributed by atoms with Crippen molar-refractivity contribution < 1.29 is 12.8 Å². The van der Waals surface area contributed by atoms with Crippen LogP contribution in [0.3, 0.4) is 0 Å². The van der Waals surface area contributed by atoms with Crippen LogP contribution in [-0.2, 0) is 23.0 Å². The van der Waals surface area contributed by atoms with E-state index in [4.69, 9.17) is 5.73 Å². The van der Waals surface area contributed by atoms with Gasteiger partial charge >= 0.3 is 0 Å². The van der Waals surface area contributed by atoms with Crippen molar-refractivity contribution in [3.05, 3.63) is 33.2 Å². The lowest BCUT2D eigenvalue weighted by Gasteiger charge is -2.12. The molecule has 0 aliphatic heterocycles. The molecule has 1 aromatic carbocycles. The van der Waals surface area contributed by atoms with Crippen LogP contribution in [0.15, 0.2) is 28.5 Å². The molecule has 31 heavy (non-hydrogen) atoms. The molecule has 1 aliphatic carbocycles. The summed E-state index contributed by atoms with van der Waals surface area (Å²) >= 11 is 3.59. The molecule has 3 N–H and O–H groups in total. The smallest absolute Gasteiger partial charge is 0.213 e. The van der Waals surface area contributed by atoms with Crippen molar-refractivity contribution in [2.45, 2.75) is 49.0 Å². The minimum absolute atomic E-state index is 0.121. The van der Waals surface area contributed by atoms with E-state index in [9.17, 15) is 12.8 Å². The van der Waals surface area contributed by atoms with Crippen LogP contribution in [0.5, 0.6) is 0 Å². The van der Waals surface area contributed by atoms with Gasteiger partial charge in [-0.25, -0.2) is 32.5 Å². The van der Waals surface area contributed by atoms with Gasteiger partial charge in [0, 0.05) is 21.6 Å². The normalized spacial score (nSPS) is 16.2. The Morgan fingerprint density at radius 3 is 2.97 bits per heavy atom. The topological polar surface area (TPSA) is 116 Å². The van der Waals surface area contributed by atoms with E-state index in [1.165, 1.54) is 18.1 Å². The van der Waals surface area contributed by atoms with Gasteiger partial charge in [0.2, 0.25) is 10.0 Å². The zero-order valence-corrected chi connectivity index (χ0v) is 20.6. The van der Waals surface area contributed by atoms with Crippen LogP contribution in [0.25, 0.3) is 11.2 Å². The number of fused-ring (bicyclic) bond motifs is 2. The quantitative estimate of drug-likeness (QED) is 0.395. The number of nitrogen functional groups attached to an aromatic ring is 1. The van der Waals surface area contributed by atoms with Crippen LogP contribution in [0.1, 0.15) is 37.1 Å². The maximum absolute atomic E-state index is 14.3. The predicted molar refractivity (Wildman–Crippen MR) is 127 cm³/mol. The van der Waals surface area contributed by atoms with Crippen LogP contribution in [0, 0.1) is 3.57 Å². The SMILES string of the molecule is CCCNS(=O)(=O)CCn1c(Sc2cc3c(cc2I)CCC3F)nc2c(N)ncnc21. The summed E-state index contributed by atoms with van der Waals surface area (Å²) in [5.41, 5.74) is 8.63. The summed E-state index contributed by atoms with van der Waals surface area (Å²) in [6.07, 6.45) is 2.34. The van der Waals surface area contributed by atoms with Gasteiger partial charge in [-0.3, -0.25) is 0 Å². The molecule has 8 nitrogen and oxygen atoms in total. The molecule has 1 atom stereocenters. The Hall–Kier alpha value is -1.51. The van der Waals surface area contributed by atoms with Gasteiger partial charge in [-0.2, -0.15) is 0 Å². The third kappa shape index (κ3) is 4.81. The highest BCUT2D eigenvalue weighted by Gasteiger charge is 2.25. The average molecular weight is 576 g/mol. The van der Waals surface area contributed by atoms with Crippen molar-refractivity contribution in [2.75, 3.05) is 18.0 Å². The van der Waals surface area contributed by atoms with Crippen molar-refractivity contribution in [3.63, 3.8) is 0 Å². The zero-order valence-electron chi connectivity index (χ0n) is 16.8. The number of nitrogens with one attached hydrogen (secondary N) is 1. The van der Waals surface area contributed by atoms with Gasteiger partial charge in [-0.15, -0.1) is 0 Å². The third-order valence-corrected chi connectivity index (χ3v) is 8.75. The van der Waals surface area contributed by atoms with E-state index in [1.54, 1.807) is 4.57 Å². The molecule has 0 spiro atoms. The van der Waals surface area contributed by atoms with Crippen LogP contribution < -0.4 is 10.5 Å². The molecule has 166 valence electrons. The Balaban J connectivity index is 1.70. The number of anilines is 1. The summed E-state index contributed by atoms with van der Waals surface area (Å²) in [5.74, 6) is 0.106. The number of sulfonamides is 1. The van der Waals surface area contributed by atoms with E-state index in [0.29, 0.717) is 35.7 Å². The summed E-state index contributed by atoms with van der Waals surface area (Å²) in [7, 11) is -3.45. The Bertz CT molecular complexity index is 1230. The molecule has 12 heteroatoms. The second kappa shape index (κ2) is 9.16. The molecule has 3 aromatic rings. The number of halogens is 2. The number of hydrogen-bond donors (Lipinski definition) is 2. The lowest BCUT2D eigenvalue weighted by molar-refractivity contribution is 0.343. The average Bonchev–Trinajstić information content (AvgIpc) is 3.26. The Morgan fingerprint density at radius 2 is 2.19 bits per heavy atom. The number of nitrogens with two attached hydrogens (primary N) is 1. The molecule has 2 aromatic heterocycles. The number of benzene rings is 1. The number of aromatic nitrogens is 4. The van der Waals surface area contributed by atoms with Crippen molar-refractivity contribution in [3.8, 4) is 0 Å². The van der Waals surface area contributed by atoms with Crippen molar-refractivity contribution in [1.82, 2.24) is 24.2 Å². The first kappa shape index (κ1) is 22.7. The number of imidazole rings is 1. The van der Waals surface area contributed by atoms with E-state index in [2.05, 4.69) is 42.3 Å². The third-order valence-electron chi connectivity index (χ3n) is 5.08. The van der Waals surface area contributed by atoms with Crippen molar-refractivity contribution >= 4 is 61.4 Å². The summed E-state index contributed by atoms with van der Waals surface area (Å²) in [6, 6.07) is 3.88. The van der Waals surface area contributed by atoms with Crippen molar-refractivity contribution in [1.29, 1.82) is 0 Å². The lowest BCUT2D eigenvalue weighted by Crippen LogP contribution is -2.29. The minimum Gasteiger partial charge on any atom is -0.382 e. The molecular formula is C19H22FIN6O2S2. The van der Waals surface area contributed by atoms with Gasteiger partial charge in [-0.05, 0) is 65.1 Å². The zero-order chi connectivity index (χ0) is 22.2. The lowest BCUT2D eigenvalue weighted by atomic mass is 10.1. The second-order valence-electron chi connectivity index (χ2n) is 7.28. The Labute approximate surface area is 197 Å². The highest BCUT2D eigenvalue weighted by molar-refractivity contribution is 14.1. The first-order valence-corrected chi connectivity index (χ1v) is 13.4. The van der Waals surface area contributed by atoms with Gasteiger partial charge in [-0.1, -0.05) is 18.7 Å². The number of alkyl halides is 1. The molecule has 0 saturated carbocycles. The molecule has 0 bridgehead atoms. The highest BCUT2D eigenvalue weighted by atomic mass is 127. The molecule has 0 amide bonds. The number of aryl methyl sites for hydroxylation is 2. The Kier molecular flexibility index (Phi) is 6.70. The van der Waals surface area contributed by atoms with Gasteiger partial charge in [0.1, 0.15) is 12.5 Å². The van der Waals surface area contributed by atoms with Crippen LogP contribution in [0.2, 0.25) is 0 Å². The summed E-state index contributed by atoms with van der Waals surface area (Å²) in [5, 5.41) is 0.541. The standard InChI is InChI=1S/C19H22FIN6O2S2/c1-2-5-25-31(28,29)7-6-27-18-16(17(22)23-10-24-18)26-19(27)30-15-9-12-11(8-14(15)21)3-4-13(12)20/h8-10,13,25H,2-7H2,1H3,(H2,22,23,24). The monoisotopic (exact) mass is 576 g/mol. The van der Waals surface area contributed by atoms with Gasteiger partial charge in [0.05, 0.1) is 5.75 Å². The first-order chi connectivity index (χ1) is 14.8. The second-order valence-corrected chi connectivity index (χ2v) is 11.4. The summed E-state index contributed by atoms with van der Waals surface area (Å²) < 4.78 is 44.2. The highest BCUT2D eigenvalue weighted by Crippen LogP contribution is 2.41. The number of hydrogen-bond acceptors (Lipinski definition) is 7. The van der Waals surface area contributed by atoms with Crippen LogP contribution in [0.4, 0.5) is 10.2 Å². The molecular weight excluding hydrogens is 554 g/mol. The van der Waals surface area contributed by atoms with Crippen LogP contribution in [-0.4, -0.2) is 40.2 Å². The van der Waals surface area contributed by atoms with E-state index in [-0.39, 0.29) is 18.1 Å². The van der Waals surface area contributed by atoms with Gasteiger partial charge in [0.25, 0.3) is 0 Å². The van der Waals surface area contributed by atoms with Crippen molar-refractivity contribution in [2.24, 2.45) is 0 Å². The minimum atomic E-state index is -3.45. The van der Waals surface area contributed by atoms with E-state index in [0.717, 1.165) is 26.0 Å². The Morgan fingerprint density at radius 1 is 1.39 bits per heavy atom. The molecule has 1 unspecified atom stereocenters. The molecule has 0 radical (unpaired) electrons. The summed E-state index contributed by atoms with van der Waals surface area (Å²) in [4.78, 5) is 13.7. The molecule has 0 saturated heterocycles. The largest absolute Gasteiger partial charge is 0.382 e. The first-order valence-electron chi connectivity index (χ1n) is 9.87. The molecule has 1 aliphatic rings. The predicted octanol–water partition coefficient (Wildman–Crippen LogP) is 3.45. The van der Waals surface area contributed by atoms with Gasteiger partial charge < -0.3 is 10.3 Å². The fourth-order valence-corrected chi connectivity index (χ4v) is 6.40. The fraction of sp³-hybridized carbons (Fsp3) is 0.421. The van der Waals surface area contributed by atoms with E-state index < -0.39 is 16.2 Å². The molecule has 2 heterocycles. The van der Waals surface area contributed by atoms with E-state index >= 15 is 0 Å². The molecule has 0 fully saturated rings. The number of nitrogens with zero attached hydrogens (tertiary/aromatic N) is 4.